The molecule has 0 unspecified atom stereocenters. The van der Waals surface area contributed by atoms with Crippen molar-refractivity contribution in [2.45, 2.75) is 19.0 Å². The van der Waals surface area contributed by atoms with Crippen molar-refractivity contribution in [3.05, 3.63) is 78.8 Å². The van der Waals surface area contributed by atoms with Crippen LogP contribution in [0.2, 0.25) is 0 Å². The molecule has 5 rings (SSSR count). The topological polar surface area (TPSA) is 152 Å². The van der Waals surface area contributed by atoms with Gasteiger partial charge < -0.3 is 25.5 Å². The fourth-order valence-corrected chi connectivity index (χ4v) is 4.87. The molecule has 41 heavy (non-hydrogen) atoms. The van der Waals surface area contributed by atoms with E-state index in [0.29, 0.717) is 37.7 Å². The first-order chi connectivity index (χ1) is 19.8. The van der Waals surface area contributed by atoms with Gasteiger partial charge in [-0.2, -0.15) is 15.3 Å². The zero-order chi connectivity index (χ0) is 28.9. The minimum Gasteiger partial charge on any atom is -0.508 e. The van der Waals surface area contributed by atoms with E-state index < -0.39 is 5.91 Å². The van der Waals surface area contributed by atoms with Gasteiger partial charge in [0.1, 0.15) is 17.3 Å². The number of phenolic OH excluding ortho intramolecular Hbond substituents is 1. The summed E-state index contributed by atoms with van der Waals surface area (Å²) in [5.41, 5.74) is 1.46. The number of anilines is 3. The number of amides is 2. The molecular formula is C29H29N9O3. The highest BCUT2D eigenvalue weighted by molar-refractivity contribution is 6.09. The second kappa shape index (κ2) is 11.7. The first kappa shape index (κ1) is 27.1. The number of hydrogen-bond donors (Lipinski definition) is 3. The van der Waals surface area contributed by atoms with Crippen LogP contribution in [-0.4, -0.2) is 67.2 Å². The van der Waals surface area contributed by atoms with E-state index in [-0.39, 0.29) is 35.8 Å². The highest BCUT2D eigenvalue weighted by atomic mass is 16.3. The van der Waals surface area contributed by atoms with Gasteiger partial charge in [-0.05, 0) is 17.5 Å². The number of nitrogens with one attached hydrogen (secondary N) is 2. The molecule has 0 bridgehead atoms. The Hall–Kier alpha value is -5.44. The Balaban J connectivity index is 1.46. The lowest BCUT2D eigenvalue weighted by molar-refractivity contribution is -0.128. The summed E-state index contributed by atoms with van der Waals surface area (Å²) in [7, 11) is 1.82. The maximum atomic E-state index is 13.5. The molecule has 1 fully saturated rings. The zero-order valence-corrected chi connectivity index (χ0v) is 22.5. The summed E-state index contributed by atoms with van der Waals surface area (Å²) in [5, 5.41) is 31.4. The molecule has 0 spiro atoms. The van der Waals surface area contributed by atoms with E-state index in [0.717, 1.165) is 16.3 Å². The molecule has 0 aliphatic carbocycles. The standard InChI is InChI=1S/C29H29N9O3/c1-3-27(40)38-11-10-37(18-21(38)8-9-30)26-14-25(34-29(35-26)31-15-19-16-32-36(2)17-19)28(41)33-24-13-22(39)12-20-6-4-5-7-23(20)24/h3-7,12-14,16-17,21,39H,1,8,10-11,15,18H2,2H3,(H,33,41)(H,31,34,35)/t21-/m0/s1. The van der Waals surface area contributed by atoms with Crippen molar-refractivity contribution in [1.82, 2.24) is 24.6 Å². The van der Waals surface area contributed by atoms with E-state index in [2.05, 4.69) is 38.3 Å². The van der Waals surface area contributed by atoms with Gasteiger partial charge in [0, 0.05) is 62.5 Å². The molecule has 3 N–H and O–H groups in total. The molecule has 0 saturated carbocycles. The van der Waals surface area contributed by atoms with Crippen molar-refractivity contribution in [3.63, 3.8) is 0 Å². The lowest BCUT2D eigenvalue weighted by atomic mass is 10.1. The molecule has 0 radical (unpaired) electrons. The normalized spacial score (nSPS) is 14.9. The van der Waals surface area contributed by atoms with Gasteiger partial charge in [0.05, 0.1) is 30.4 Å². The number of aromatic hydroxyl groups is 1. The number of carbonyl (C=O) groups excluding carboxylic acids is 2. The lowest BCUT2D eigenvalue weighted by Crippen LogP contribution is -2.55. The summed E-state index contributed by atoms with van der Waals surface area (Å²) < 4.78 is 1.69. The quantitative estimate of drug-likeness (QED) is 0.281. The van der Waals surface area contributed by atoms with Crippen LogP contribution >= 0.6 is 0 Å². The third-order valence-electron chi connectivity index (χ3n) is 6.84. The summed E-state index contributed by atoms with van der Waals surface area (Å²) in [6.45, 7) is 5.12. The first-order valence-electron chi connectivity index (χ1n) is 13.0. The van der Waals surface area contributed by atoms with Crippen molar-refractivity contribution >= 4 is 40.0 Å². The first-order valence-corrected chi connectivity index (χ1v) is 13.0. The Kier molecular flexibility index (Phi) is 7.78. The SMILES string of the molecule is C=CC(=O)N1CCN(c2cc(C(=O)Nc3cc(O)cc4ccccc34)nc(NCc3cnn(C)c3)n2)C[C@@H]1CC#N. The molecule has 2 amide bonds. The van der Waals surface area contributed by atoms with E-state index in [4.69, 9.17) is 0 Å². The number of phenols is 1. The van der Waals surface area contributed by atoms with E-state index in [1.54, 1.807) is 27.9 Å². The molecule has 2 aromatic carbocycles. The average Bonchev–Trinajstić information content (AvgIpc) is 3.40. The third-order valence-corrected chi connectivity index (χ3v) is 6.84. The summed E-state index contributed by atoms with van der Waals surface area (Å²) in [6.07, 6.45) is 4.98. The van der Waals surface area contributed by atoms with Gasteiger partial charge in [0.2, 0.25) is 11.9 Å². The number of hydrogen-bond acceptors (Lipinski definition) is 9. The maximum Gasteiger partial charge on any atom is 0.274 e. The number of piperazine rings is 1. The summed E-state index contributed by atoms with van der Waals surface area (Å²) >= 11 is 0. The van der Waals surface area contributed by atoms with E-state index >= 15 is 0 Å². The van der Waals surface area contributed by atoms with Crippen LogP contribution in [0.15, 0.2) is 67.5 Å². The Morgan fingerprint density at radius 1 is 1.22 bits per heavy atom. The van der Waals surface area contributed by atoms with Crippen LogP contribution < -0.4 is 15.5 Å². The van der Waals surface area contributed by atoms with Gasteiger partial charge in [0.25, 0.3) is 5.91 Å². The highest BCUT2D eigenvalue weighted by Gasteiger charge is 2.30. The van der Waals surface area contributed by atoms with Crippen LogP contribution in [-0.2, 0) is 18.4 Å². The molecular weight excluding hydrogens is 522 g/mol. The summed E-state index contributed by atoms with van der Waals surface area (Å²) in [5.74, 6) is 0.0244. The zero-order valence-electron chi connectivity index (χ0n) is 22.5. The lowest BCUT2D eigenvalue weighted by Gasteiger charge is -2.40. The minimum absolute atomic E-state index is 0.0247. The fraction of sp³-hybridized carbons (Fsp3) is 0.241. The number of nitrogens with zero attached hydrogens (tertiary/aromatic N) is 7. The molecule has 1 aliphatic rings. The molecule has 1 atom stereocenters. The fourth-order valence-electron chi connectivity index (χ4n) is 4.87. The number of carbonyl (C=O) groups is 2. The third kappa shape index (κ3) is 6.09. The van der Waals surface area contributed by atoms with Crippen molar-refractivity contribution in [2.75, 3.05) is 35.2 Å². The van der Waals surface area contributed by atoms with Crippen LogP contribution in [0.4, 0.5) is 17.5 Å². The van der Waals surface area contributed by atoms with Crippen molar-refractivity contribution in [2.24, 2.45) is 7.05 Å². The van der Waals surface area contributed by atoms with E-state index in [9.17, 15) is 20.0 Å². The molecule has 4 aromatic rings. The average molecular weight is 552 g/mol. The van der Waals surface area contributed by atoms with Gasteiger partial charge in [-0.1, -0.05) is 30.8 Å². The second-order valence-corrected chi connectivity index (χ2v) is 9.68. The summed E-state index contributed by atoms with van der Waals surface area (Å²) in [4.78, 5) is 38.6. The second-order valence-electron chi connectivity index (χ2n) is 9.68. The Bertz CT molecular complexity index is 1660. The van der Waals surface area contributed by atoms with Crippen LogP contribution in [0.3, 0.4) is 0 Å². The number of aryl methyl sites for hydroxylation is 1. The number of benzene rings is 2. The van der Waals surface area contributed by atoms with Gasteiger partial charge in [0.15, 0.2) is 0 Å². The van der Waals surface area contributed by atoms with Crippen LogP contribution in [0.1, 0.15) is 22.5 Å². The number of rotatable bonds is 8. The number of fused-ring (bicyclic) bond motifs is 1. The Morgan fingerprint density at radius 3 is 2.80 bits per heavy atom. The van der Waals surface area contributed by atoms with E-state index in [1.165, 1.54) is 12.1 Å². The van der Waals surface area contributed by atoms with Gasteiger partial charge in [-0.15, -0.1) is 0 Å². The van der Waals surface area contributed by atoms with E-state index in [1.807, 2.05) is 42.4 Å². The molecule has 1 aliphatic heterocycles. The van der Waals surface area contributed by atoms with Crippen LogP contribution in [0.25, 0.3) is 10.8 Å². The molecule has 1 saturated heterocycles. The Labute approximate surface area is 236 Å². The highest BCUT2D eigenvalue weighted by Crippen LogP contribution is 2.29. The van der Waals surface area contributed by atoms with Crippen molar-refractivity contribution in [3.8, 4) is 11.8 Å². The van der Waals surface area contributed by atoms with Crippen molar-refractivity contribution < 1.29 is 14.7 Å². The van der Waals surface area contributed by atoms with Crippen LogP contribution in [0.5, 0.6) is 5.75 Å². The maximum absolute atomic E-state index is 13.5. The van der Waals surface area contributed by atoms with Crippen molar-refractivity contribution in [1.29, 1.82) is 5.26 Å². The monoisotopic (exact) mass is 551 g/mol. The minimum atomic E-state index is -0.483. The predicted octanol–water partition coefficient (Wildman–Crippen LogP) is 3.05. The molecule has 2 aromatic heterocycles. The molecule has 3 heterocycles. The number of nitriles is 1. The number of aromatic nitrogens is 4. The van der Waals surface area contributed by atoms with Gasteiger partial charge in [-0.3, -0.25) is 14.3 Å². The Morgan fingerprint density at radius 2 is 2.05 bits per heavy atom. The smallest absolute Gasteiger partial charge is 0.274 e. The molecule has 208 valence electrons. The summed E-state index contributed by atoms with van der Waals surface area (Å²) in [6, 6.07) is 13.9. The van der Waals surface area contributed by atoms with Crippen LogP contribution in [0, 0.1) is 11.3 Å². The predicted molar refractivity (Wildman–Crippen MR) is 154 cm³/mol. The van der Waals surface area contributed by atoms with Gasteiger partial charge >= 0.3 is 0 Å². The largest absolute Gasteiger partial charge is 0.508 e. The van der Waals surface area contributed by atoms with Gasteiger partial charge in [-0.25, -0.2) is 4.98 Å². The molecule has 12 nitrogen and oxygen atoms in total. The molecule has 12 heteroatoms.